The predicted octanol–water partition coefficient (Wildman–Crippen LogP) is 0.265. The number of nitrogens with zero attached hydrogens (tertiary/aromatic N) is 4. The van der Waals surface area contributed by atoms with Gasteiger partial charge >= 0.3 is 0 Å². The number of aryl methyl sites for hydroxylation is 1. The molecule has 0 amide bonds. The predicted molar refractivity (Wildman–Crippen MR) is 63.8 cm³/mol. The Labute approximate surface area is 96.0 Å². The highest BCUT2D eigenvalue weighted by Crippen LogP contribution is 1.96. The van der Waals surface area contributed by atoms with Gasteiger partial charge in [-0.15, -0.1) is 0 Å². The Morgan fingerprint density at radius 2 is 2.38 bits per heavy atom. The van der Waals surface area contributed by atoms with Gasteiger partial charge in [0.25, 0.3) is 0 Å². The zero-order chi connectivity index (χ0) is 12.0. The first kappa shape index (κ1) is 12.5. The molecule has 0 saturated carbocycles. The van der Waals surface area contributed by atoms with E-state index in [2.05, 4.69) is 34.2 Å². The molecule has 0 aromatic carbocycles. The highest BCUT2D eigenvalue weighted by atomic mass is 15.3. The average molecular weight is 224 g/mol. The van der Waals surface area contributed by atoms with Gasteiger partial charge in [-0.2, -0.15) is 5.10 Å². The second-order valence-corrected chi connectivity index (χ2v) is 4.11. The Morgan fingerprint density at radius 1 is 1.62 bits per heavy atom. The van der Waals surface area contributed by atoms with Crippen molar-refractivity contribution in [3.8, 4) is 0 Å². The standard InChI is InChI=1S/C10H20N6/c1-8(2)4-5-12-10(11)13-6-9-14-7-15-16(9)3/h7-8H,4-6H2,1-3H3,(H3,11,12,13). The normalized spacial score (nSPS) is 12.1. The fourth-order valence-corrected chi connectivity index (χ4v) is 1.16. The molecule has 0 radical (unpaired) electrons. The fraction of sp³-hybridized carbons (Fsp3) is 0.700. The minimum atomic E-state index is 0.455. The van der Waals surface area contributed by atoms with Gasteiger partial charge in [-0.25, -0.2) is 9.98 Å². The van der Waals surface area contributed by atoms with Crippen molar-refractivity contribution in [1.82, 2.24) is 20.1 Å². The summed E-state index contributed by atoms with van der Waals surface area (Å²) in [4.78, 5) is 8.24. The van der Waals surface area contributed by atoms with Gasteiger partial charge in [-0.3, -0.25) is 4.68 Å². The Hall–Kier alpha value is -1.59. The Kier molecular flexibility index (Phi) is 4.75. The van der Waals surface area contributed by atoms with Gasteiger partial charge in [0.1, 0.15) is 18.7 Å². The summed E-state index contributed by atoms with van der Waals surface area (Å²) in [5, 5.41) is 7.02. The second-order valence-electron chi connectivity index (χ2n) is 4.11. The molecular weight excluding hydrogens is 204 g/mol. The molecule has 90 valence electrons. The molecule has 1 aromatic heterocycles. The molecule has 0 unspecified atom stereocenters. The van der Waals surface area contributed by atoms with E-state index in [1.165, 1.54) is 6.33 Å². The zero-order valence-electron chi connectivity index (χ0n) is 10.1. The van der Waals surface area contributed by atoms with Gasteiger partial charge in [0.15, 0.2) is 5.96 Å². The summed E-state index contributed by atoms with van der Waals surface area (Å²) in [7, 11) is 1.83. The largest absolute Gasteiger partial charge is 0.370 e. The molecule has 6 heteroatoms. The lowest BCUT2D eigenvalue weighted by molar-refractivity contribution is 0.576. The van der Waals surface area contributed by atoms with E-state index in [9.17, 15) is 0 Å². The van der Waals surface area contributed by atoms with Crippen molar-refractivity contribution in [1.29, 1.82) is 0 Å². The Bertz CT molecular complexity index is 341. The van der Waals surface area contributed by atoms with Crippen LogP contribution in [-0.2, 0) is 13.6 Å². The van der Waals surface area contributed by atoms with Crippen molar-refractivity contribution in [2.24, 2.45) is 23.7 Å². The molecule has 16 heavy (non-hydrogen) atoms. The molecule has 0 saturated heterocycles. The quantitative estimate of drug-likeness (QED) is 0.555. The van der Waals surface area contributed by atoms with Gasteiger partial charge < -0.3 is 11.1 Å². The number of aliphatic imine (C=N–C) groups is 1. The molecule has 3 N–H and O–H groups in total. The third-order valence-corrected chi connectivity index (χ3v) is 2.22. The van der Waals surface area contributed by atoms with Crippen molar-refractivity contribution in [2.45, 2.75) is 26.8 Å². The number of nitrogens with one attached hydrogen (secondary N) is 1. The number of aromatic nitrogens is 3. The van der Waals surface area contributed by atoms with E-state index in [4.69, 9.17) is 5.73 Å². The van der Waals surface area contributed by atoms with Crippen molar-refractivity contribution in [2.75, 3.05) is 6.54 Å². The van der Waals surface area contributed by atoms with Crippen LogP contribution in [0.4, 0.5) is 0 Å². The molecule has 0 fully saturated rings. The van der Waals surface area contributed by atoms with E-state index in [1.54, 1.807) is 4.68 Å². The van der Waals surface area contributed by atoms with Crippen LogP contribution in [0.1, 0.15) is 26.1 Å². The highest BCUT2D eigenvalue weighted by molar-refractivity contribution is 5.77. The van der Waals surface area contributed by atoms with Gasteiger partial charge in [0.05, 0.1) is 0 Å². The molecule has 0 spiro atoms. The SMILES string of the molecule is CC(C)CCNC(N)=NCc1ncnn1C. The van der Waals surface area contributed by atoms with E-state index >= 15 is 0 Å². The van der Waals surface area contributed by atoms with Gasteiger partial charge in [0.2, 0.25) is 0 Å². The summed E-state index contributed by atoms with van der Waals surface area (Å²) in [5.74, 6) is 1.93. The van der Waals surface area contributed by atoms with Crippen molar-refractivity contribution in [3.05, 3.63) is 12.2 Å². The minimum absolute atomic E-state index is 0.455. The van der Waals surface area contributed by atoms with Crippen molar-refractivity contribution < 1.29 is 0 Å². The highest BCUT2D eigenvalue weighted by Gasteiger charge is 1.99. The van der Waals surface area contributed by atoms with E-state index in [-0.39, 0.29) is 0 Å². The van der Waals surface area contributed by atoms with Crippen LogP contribution in [0.3, 0.4) is 0 Å². The van der Waals surface area contributed by atoms with Crippen LogP contribution in [0, 0.1) is 5.92 Å². The topological polar surface area (TPSA) is 81.1 Å². The number of rotatable bonds is 5. The summed E-state index contributed by atoms with van der Waals surface area (Å²) in [6.07, 6.45) is 2.59. The molecule has 1 rings (SSSR count). The van der Waals surface area contributed by atoms with Crippen LogP contribution in [0.5, 0.6) is 0 Å². The van der Waals surface area contributed by atoms with Crippen LogP contribution < -0.4 is 11.1 Å². The average Bonchev–Trinajstić information content (AvgIpc) is 2.60. The second kappa shape index (κ2) is 6.09. The van der Waals surface area contributed by atoms with E-state index < -0.39 is 0 Å². The van der Waals surface area contributed by atoms with E-state index in [1.807, 2.05) is 7.05 Å². The monoisotopic (exact) mass is 224 g/mol. The lowest BCUT2D eigenvalue weighted by atomic mass is 10.1. The first-order valence-electron chi connectivity index (χ1n) is 5.46. The van der Waals surface area contributed by atoms with E-state index in [0.717, 1.165) is 18.8 Å². The summed E-state index contributed by atoms with van der Waals surface area (Å²) in [5.41, 5.74) is 5.71. The summed E-state index contributed by atoms with van der Waals surface area (Å²) in [6.45, 7) is 5.66. The molecule has 1 aromatic rings. The smallest absolute Gasteiger partial charge is 0.189 e. The van der Waals surface area contributed by atoms with Gasteiger partial charge in [-0.05, 0) is 12.3 Å². The molecule has 0 aliphatic rings. The van der Waals surface area contributed by atoms with E-state index in [0.29, 0.717) is 18.4 Å². The van der Waals surface area contributed by atoms with Crippen LogP contribution in [-0.4, -0.2) is 27.3 Å². The summed E-state index contributed by atoms with van der Waals surface area (Å²) >= 11 is 0. The van der Waals surface area contributed by atoms with Crippen LogP contribution in [0.2, 0.25) is 0 Å². The molecule has 1 heterocycles. The first-order valence-corrected chi connectivity index (χ1v) is 5.46. The maximum absolute atomic E-state index is 5.71. The van der Waals surface area contributed by atoms with Crippen LogP contribution >= 0.6 is 0 Å². The number of guanidine groups is 1. The van der Waals surface area contributed by atoms with Gasteiger partial charge in [0, 0.05) is 13.6 Å². The first-order chi connectivity index (χ1) is 7.59. The summed E-state index contributed by atoms with van der Waals surface area (Å²) in [6, 6.07) is 0. The third-order valence-electron chi connectivity index (χ3n) is 2.22. The maximum Gasteiger partial charge on any atom is 0.189 e. The lowest BCUT2D eigenvalue weighted by Crippen LogP contribution is -2.33. The molecule has 0 aliphatic carbocycles. The summed E-state index contributed by atoms with van der Waals surface area (Å²) < 4.78 is 1.69. The number of hydrogen-bond acceptors (Lipinski definition) is 3. The molecule has 0 atom stereocenters. The van der Waals surface area contributed by atoms with Crippen molar-refractivity contribution >= 4 is 5.96 Å². The molecule has 0 bridgehead atoms. The van der Waals surface area contributed by atoms with Crippen LogP contribution in [0.25, 0.3) is 0 Å². The fourth-order valence-electron chi connectivity index (χ4n) is 1.16. The third kappa shape index (κ3) is 4.29. The number of hydrogen-bond donors (Lipinski definition) is 2. The minimum Gasteiger partial charge on any atom is -0.370 e. The molecular formula is C10H20N6. The number of nitrogens with two attached hydrogens (primary N) is 1. The maximum atomic E-state index is 5.71. The zero-order valence-corrected chi connectivity index (χ0v) is 10.1. The van der Waals surface area contributed by atoms with Crippen LogP contribution in [0.15, 0.2) is 11.3 Å². The Morgan fingerprint density at radius 3 is 2.94 bits per heavy atom. The molecule has 6 nitrogen and oxygen atoms in total. The Balaban J connectivity index is 2.31. The van der Waals surface area contributed by atoms with Crippen molar-refractivity contribution in [3.63, 3.8) is 0 Å². The van der Waals surface area contributed by atoms with Gasteiger partial charge in [-0.1, -0.05) is 13.8 Å². The lowest BCUT2D eigenvalue weighted by Gasteiger charge is -2.07. The molecule has 0 aliphatic heterocycles.